The van der Waals surface area contributed by atoms with Crippen molar-refractivity contribution in [2.75, 3.05) is 7.11 Å². The number of hydrogen-bond donors (Lipinski definition) is 1. The van der Waals surface area contributed by atoms with Crippen molar-refractivity contribution < 1.29 is 23.9 Å². The molecule has 0 aliphatic heterocycles. The Hall–Kier alpha value is -2.67. The molecule has 1 aromatic carbocycles. The number of thiophene rings is 1. The maximum Gasteiger partial charge on any atom is 0.307 e. The monoisotopic (exact) mass is 375 g/mol. The van der Waals surface area contributed by atoms with Gasteiger partial charge in [-0.2, -0.15) is 0 Å². The summed E-state index contributed by atoms with van der Waals surface area (Å²) in [6.07, 6.45) is -0.899. The lowest BCUT2D eigenvalue weighted by atomic mass is 10.2. The zero-order chi connectivity index (χ0) is 18.9. The highest BCUT2D eigenvalue weighted by molar-refractivity contribution is 7.12. The van der Waals surface area contributed by atoms with Crippen molar-refractivity contribution in [2.45, 2.75) is 32.4 Å². The maximum absolute atomic E-state index is 12.0. The van der Waals surface area contributed by atoms with E-state index in [0.717, 1.165) is 11.3 Å². The molecule has 0 unspecified atom stereocenters. The van der Waals surface area contributed by atoms with Crippen LogP contribution in [-0.4, -0.2) is 30.9 Å². The normalized spacial score (nSPS) is 11.5. The van der Waals surface area contributed by atoms with Crippen LogP contribution in [0.15, 0.2) is 41.8 Å². The third-order valence-corrected chi connectivity index (χ3v) is 4.57. The average molecular weight is 375 g/mol. The molecule has 2 aromatic rings. The molecule has 1 amide bonds. The average Bonchev–Trinajstić information content (AvgIpc) is 3.19. The molecule has 0 saturated carbocycles. The third kappa shape index (κ3) is 6.00. The number of esters is 1. The molecule has 0 spiro atoms. The molecule has 0 aliphatic carbocycles. The van der Waals surface area contributed by atoms with Crippen molar-refractivity contribution in [1.29, 1.82) is 0 Å². The van der Waals surface area contributed by atoms with Crippen molar-refractivity contribution in [3.05, 3.63) is 52.2 Å². The highest BCUT2D eigenvalue weighted by atomic mass is 32.1. The molecule has 2 rings (SSSR count). The van der Waals surface area contributed by atoms with E-state index in [1.54, 1.807) is 36.8 Å². The first kappa shape index (κ1) is 19.7. The lowest BCUT2D eigenvalue weighted by Crippen LogP contribution is -2.35. The number of carbonyl (C=O) groups is 3. The molecule has 0 radical (unpaired) electrons. The van der Waals surface area contributed by atoms with Crippen LogP contribution in [0.3, 0.4) is 0 Å². The van der Waals surface area contributed by atoms with E-state index in [-0.39, 0.29) is 18.6 Å². The van der Waals surface area contributed by atoms with Crippen LogP contribution in [0.5, 0.6) is 5.75 Å². The van der Waals surface area contributed by atoms with E-state index >= 15 is 0 Å². The van der Waals surface area contributed by atoms with E-state index in [0.29, 0.717) is 11.4 Å². The maximum atomic E-state index is 12.0. The number of hydrogen-bond acceptors (Lipinski definition) is 6. The van der Waals surface area contributed by atoms with Crippen LogP contribution in [0.4, 0.5) is 0 Å². The Bertz CT molecular complexity index is 740. The van der Waals surface area contributed by atoms with Crippen LogP contribution in [0.1, 0.15) is 35.0 Å². The van der Waals surface area contributed by atoms with Crippen LogP contribution >= 0.6 is 11.3 Å². The number of ether oxygens (including phenoxy) is 2. The summed E-state index contributed by atoms with van der Waals surface area (Å²) in [6.45, 7) is 1.82. The fourth-order valence-corrected chi connectivity index (χ4v) is 2.86. The van der Waals surface area contributed by atoms with E-state index in [9.17, 15) is 14.4 Å². The Morgan fingerprint density at radius 1 is 1.12 bits per heavy atom. The molecule has 6 nitrogen and oxygen atoms in total. The van der Waals surface area contributed by atoms with Crippen LogP contribution in [0, 0.1) is 0 Å². The fourth-order valence-electron chi connectivity index (χ4n) is 2.16. The SMILES string of the molecule is COc1ccc(CNC(=O)[C@H](C)OC(=O)CCC(=O)c2cccs2)cc1. The zero-order valence-corrected chi connectivity index (χ0v) is 15.5. The molecule has 0 saturated heterocycles. The molecule has 138 valence electrons. The quantitative estimate of drug-likeness (QED) is 0.538. The van der Waals surface area contributed by atoms with Crippen molar-refractivity contribution in [1.82, 2.24) is 5.32 Å². The van der Waals surface area contributed by atoms with Gasteiger partial charge in [-0.05, 0) is 36.1 Å². The number of rotatable bonds is 9. The predicted octanol–water partition coefficient (Wildman–Crippen LogP) is 2.97. The highest BCUT2D eigenvalue weighted by Gasteiger charge is 2.18. The van der Waals surface area contributed by atoms with Gasteiger partial charge in [0.25, 0.3) is 5.91 Å². The van der Waals surface area contributed by atoms with E-state index in [2.05, 4.69) is 5.32 Å². The molecule has 0 aliphatic rings. The summed E-state index contributed by atoms with van der Waals surface area (Å²) < 4.78 is 10.2. The molecular weight excluding hydrogens is 354 g/mol. The molecule has 0 bridgehead atoms. The van der Waals surface area contributed by atoms with Gasteiger partial charge in [-0.15, -0.1) is 11.3 Å². The van der Waals surface area contributed by atoms with Gasteiger partial charge >= 0.3 is 5.97 Å². The summed E-state index contributed by atoms with van der Waals surface area (Å²) in [5.41, 5.74) is 0.902. The molecule has 7 heteroatoms. The summed E-state index contributed by atoms with van der Waals surface area (Å²) in [6, 6.07) is 10.8. The minimum absolute atomic E-state index is 0.0488. The number of ketones is 1. The van der Waals surface area contributed by atoms with Crippen molar-refractivity contribution >= 4 is 29.0 Å². The number of carbonyl (C=O) groups excluding carboxylic acids is 3. The lowest BCUT2D eigenvalue weighted by Gasteiger charge is -2.13. The van der Waals surface area contributed by atoms with Gasteiger partial charge in [-0.3, -0.25) is 14.4 Å². The van der Waals surface area contributed by atoms with Gasteiger partial charge in [0, 0.05) is 13.0 Å². The molecule has 1 heterocycles. The summed E-state index contributed by atoms with van der Waals surface area (Å²) in [5.74, 6) is -0.325. The van der Waals surface area contributed by atoms with E-state index < -0.39 is 18.0 Å². The zero-order valence-electron chi connectivity index (χ0n) is 14.7. The van der Waals surface area contributed by atoms with Gasteiger partial charge in [0.15, 0.2) is 11.9 Å². The molecule has 26 heavy (non-hydrogen) atoms. The fraction of sp³-hybridized carbons (Fsp3) is 0.316. The lowest BCUT2D eigenvalue weighted by molar-refractivity contribution is -0.154. The van der Waals surface area contributed by atoms with Crippen LogP contribution < -0.4 is 10.1 Å². The first-order chi connectivity index (χ1) is 12.5. The molecular formula is C19H21NO5S. The van der Waals surface area contributed by atoms with Gasteiger partial charge in [0.2, 0.25) is 0 Å². The van der Waals surface area contributed by atoms with Gasteiger partial charge in [0.05, 0.1) is 18.4 Å². The molecule has 1 aromatic heterocycles. The van der Waals surface area contributed by atoms with E-state index in [4.69, 9.17) is 9.47 Å². The summed E-state index contributed by atoms with van der Waals surface area (Å²) in [4.78, 5) is 36.3. The Labute approximate surface area is 156 Å². The number of methoxy groups -OCH3 is 1. The number of benzene rings is 1. The third-order valence-electron chi connectivity index (χ3n) is 3.66. The molecule has 0 fully saturated rings. The van der Waals surface area contributed by atoms with E-state index in [1.807, 2.05) is 12.1 Å². The Kier molecular flexibility index (Phi) is 7.35. The van der Waals surface area contributed by atoms with Crippen LogP contribution in [0.25, 0.3) is 0 Å². The van der Waals surface area contributed by atoms with Gasteiger partial charge < -0.3 is 14.8 Å². The number of Topliss-reactive ketones (excluding diaryl/α,β-unsaturated/α-hetero) is 1. The van der Waals surface area contributed by atoms with Crippen LogP contribution in [0.2, 0.25) is 0 Å². The van der Waals surface area contributed by atoms with Crippen molar-refractivity contribution in [3.63, 3.8) is 0 Å². The van der Waals surface area contributed by atoms with Crippen molar-refractivity contribution in [3.8, 4) is 5.75 Å². The molecule has 1 N–H and O–H groups in total. The van der Waals surface area contributed by atoms with Gasteiger partial charge in [-0.25, -0.2) is 0 Å². The molecule has 1 atom stereocenters. The number of nitrogens with one attached hydrogen (secondary N) is 1. The largest absolute Gasteiger partial charge is 0.497 e. The van der Waals surface area contributed by atoms with Gasteiger partial charge in [-0.1, -0.05) is 18.2 Å². The second kappa shape index (κ2) is 9.72. The second-order valence-corrected chi connectivity index (χ2v) is 6.55. The first-order valence-electron chi connectivity index (χ1n) is 8.16. The topological polar surface area (TPSA) is 81.7 Å². The minimum atomic E-state index is -0.919. The van der Waals surface area contributed by atoms with Gasteiger partial charge in [0.1, 0.15) is 5.75 Å². The summed E-state index contributed by atoms with van der Waals surface area (Å²) in [7, 11) is 1.58. The first-order valence-corrected chi connectivity index (χ1v) is 9.04. The highest BCUT2D eigenvalue weighted by Crippen LogP contribution is 2.13. The standard InChI is InChI=1S/C19H21NO5S/c1-13(19(23)20-12-14-5-7-15(24-2)8-6-14)25-18(22)10-9-16(21)17-4-3-11-26-17/h3-8,11,13H,9-10,12H2,1-2H3,(H,20,23)/t13-/m0/s1. The Balaban J connectivity index is 1.71. The minimum Gasteiger partial charge on any atom is -0.497 e. The summed E-state index contributed by atoms with van der Waals surface area (Å²) >= 11 is 1.33. The van der Waals surface area contributed by atoms with Crippen molar-refractivity contribution in [2.24, 2.45) is 0 Å². The smallest absolute Gasteiger partial charge is 0.307 e. The Morgan fingerprint density at radius 2 is 1.85 bits per heavy atom. The summed E-state index contributed by atoms with van der Waals surface area (Å²) in [5, 5.41) is 4.51. The van der Waals surface area contributed by atoms with E-state index in [1.165, 1.54) is 18.3 Å². The Morgan fingerprint density at radius 3 is 2.46 bits per heavy atom. The predicted molar refractivity (Wildman–Crippen MR) is 98.3 cm³/mol. The van der Waals surface area contributed by atoms with Crippen LogP contribution in [-0.2, 0) is 20.9 Å². The number of amides is 1. The second-order valence-electron chi connectivity index (χ2n) is 5.60.